The zero-order valence-electron chi connectivity index (χ0n) is 8.20. The van der Waals surface area contributed by atoms with E-state index in [-0.39, 0.29) is 5.56 Å². The molecule has 0 bridgehead atoms. The molecule has 0 spiro atoms. The third kappa shape index (κ3) is 1.79. The highest BCUT2D eigenvalue weighted by Gasteiger charge is 2.13. The number of carboxylic acids is 1. The number of carboxylic acid groups (broad SMARTS) is 1. The van der Waals surface area contributed by atoms with Crippen molar-refractivity contribution in [3.05, 3.63) is 23.3 Å². The van der Waals surface area contributed by atoms with Crippen LogP contribution < -0.4 is 10.5 Å². The van der Waals surface area contributed by atoms with Gasteiger partial charge in [0.2, 0.25) is 0 Å². The first kappa shape index (κ1) is 10.4. The highest BCUT2D eigenvalue weighted by molar-refractivity contribution is 5.91. The van der Waals surface area contributed by atoms with Gasteiger partial charge in [-0.2, -0.15) is 0 Å². The largest absolute Gasteiger partial charge is 0.497 e. The van der Waals surface area contributed by atoms with Gasteiger partial charge in [0.25, 0.3) is 0 Å². The second-order valence-corrected chi connectivity index (χ2v) is 2.90. The lowest BCUT2D eigenvalue weighted by molar-refractivity contribution is 0.0695. The van der Waals surface area contributed by atoms with Crippen LogP contribution in [0.25, 0.3) is 0 Å². The van der Waals surface area contributed by atoms with E-state index < -0.39 is 5.97 Å². The Morgan fingerprint density at radius 2 is 2.21 bits per heavy atom. The molecule has 14 heavy (non-hydrogen) atoms. The van der Waals surface area contributed by atoms with Crippen molar-refractivity contribution >= 4 is 11.7 Å². The van der Waals surface area contributed by atoms with Gasteiger partial charge in [-0.3, -0.25) is 0 Å². The molecule has 3 N–H and O–H groups in total. The summed E-state index contributed by atoms with van der Waals surface area (Å²) >= 11 is 0. The zero-order valence-corrected chi connectivity index (χ0v) is 8.20. The molecule has 1 rings (SSSR count). The van der Waals surface area contributed by atoms with Crippen LogP contribution in [-0.2, 0) is 6.42 Å². The summed E-state index contributed by atoms with van der Waals surface area (Å²) in [7, 11) is 1.48. The van der Waals surface area contributed by atoms with Gasteiger partial charge in [-0.25, -0.2) is 4.79 Å². The monoisotopic (exact) mass is 195 g/mol. The van der Waals surface area contributed by atoms with Gasteiger partial charge >= 0.3 is 5.97 Å². The van der Waals surface area contributed by atoms with Crippen molar-refractivity contribution in [3.63, 3.8) is 0 Å². The van der Waals surface area contributed by atoms with E-state index in [2.05, 4.69) is 0 Å². The first-order valence-corrected chi connectivity index (χ1v) is 4.29. The first-order valence-electron chi connectivity index (χ1n) is 4.29. The maximum Gasteiger partial charge on any atom is 0.336 e. The van der Waals surface area contributed by atoms with Gasteiger partial charge < -0.3 is 15.6 Å². The Hall–Kier alpha value is -1.71. The Kier molecular flexibility index (Phi) is 2.96. The van der Waals surface area contributed by atoms with Crippen LogP contribution in [0.5, 0.6) is 5.75 Å². The molecule has 0 unspecified atom stereocenters. The standard InChI is InChI=1S/C10H13NO3/c1-3-7-8(10(12)13)4-6(14-2)5-9(7)11/h4-5H,3,11H2,1-2H3,(H,12,13). The minimum atomic E-state index is -0.979. The summed E-state index contributed by atoms with van der Waals surface area (Å²) in [5.74, 6) is -0.510. The number of carbonyl (C=O) groups is 1. The molecule has 0 heterocycles. The lowest BCUT2D eigenvalue weighted by Crippen LogP contribution is -2.06. The number of hydrogen-bond acceptors (Lipinski definition) is 3. The van der Waals surface area contributed by atoms with Gasteiger partial charge in [0.15, 0.2) is 0 Å². The third-order valence-corrected chi connectivity index (χ3v) is 2.08. The van der Waals surface area contributed by atoms with Crippen LogP contribution in [-0.4, -0.2) is 18.2 Å². The lowest BCUT2D eigenvalue weighted by atomic mass is 10.0. The summed E-state index contributed by atoms with van der Waals surface area (Å²) in [6.45, 7) is 1.87. The third-order valence-electron chi connectivity index (χ3n) is 2.08. The Labute approximate surface area is 82.3 Å². The summed E-state index contributed by atoms with van der Waals surface area (Å²) in [4.78, 5) is 10.9. The van der Waals surface area contributed by atoms with Crippen molar-refractivity contribution in [2.75, 3.05) is 12.8 Å². The Balaban J connectivity index is 3.35. The van der Waals surface area contributed by atoms with E-state index in [1.165, 1.54) is 13.2 Å². The zero-order chi connectivity index (χ0) is 10.7. The van der Waals surface area contributed by atoms with E-state index in [0.717, 1.165) is 0 Å². The van der Waals surface area contributed by atoms with Crippen molar-refractivity contribution in [1.29, 1.82) is 0 Å². The molecule has 0 aliphatic rings. The van der Waals surface area contributed by atoms with Crippen molar-refractivity contribution in [3.8, 4) is 5.75 Å². The maximum atomic E-state index is 10.9. The Bertz CT molecular complexity index is 361. The average molecular weight is 195 g/mol. The van der Waals surface area contributed by atoms with Crippen LogP contribution >= 0.6 is 0 Å². The van der Waals surface area contributed by atoms with Crippen LogP contribution in [0.1, 0.15) is 22.8 Å². The molecule has 0 saturated carbocycles. The minimum absolute atomic E-state index is 0.212. The summed E-state index contributed by atoms with van der Waals surface area (Å²) in [5, 5.41) is 8.93. The van der Waals surface area contributed by atoms with E-state index in [9.17, 15) is 4.79 Å². The Morgan fingerprint density at radius 1 is 1.57 bits per heavy atom. The number of methoxy groups -OCH3 is 1. The first-order chi connectivity index (χ1) is 6.60. The molecule has 0 radical (unpaired) electrons. The Morgan fingerprint density at radius 3 is 2.64 bits per heavy atom. The molecule has 0 atom stereocenters. The van der Waals surface area contributed by atoms with E-state index in [4.69, 9.17) is 15.6 Å². The number of benzene rings is 1. The number of aromatic carboxylic acids is 1. The summed E-state index contributed by atoms with van der Waals surface area (Å²) in [6.07, 6.45) is 0.595. The second-order valence-electron chi connectivity index (χ2n) is 2.90. The topological polar surface area (TPSA) is 72.5 Å². The fraction of sp³-hybridized carbons (Fsp3) is 0.300. The summed E-state index contributed by atoms with van der Waals surface area (Å²) in [6, 6.07) is 3.11. The van der Waals surface area contributed by atoms with Crippen LogP contribution in [0.2, 0.25) is 0 Å². The van der Waals surface area contributed by atoms with Crippen LogP contribution in [0.4, 0.5) is 5.69 Å². The van der Waals surface area contributed by atoms with Gasteiger partial charge in [-0.1, -0.05) is 6.92 Å². The molecule has 0 aromatic heterocycles. The number of hydrogen-bond donors (Lipinski definition) is 2. The SMILES string of the molecule is CCc1c(N)cc(OC)cc1C(=O)O. The van der Waals surface area contributed by atoms with Crippen molar-refractivity contribution in [2.24, 2.45) is 0 Å². The fourth-order valence-corrected chi connectivity index (χ4v) is 1.37. The van der Waals surface area contributed by atoms with Crippen molar-refractivity contribution in [1.82, 2.24) is 0 Å². The molecule has 0 amide bonds. The van der Waals surface area contributed by atoms with Crippen molar-refractivity contribution < 1.29 is 14.6 Å². The predicted octanol–water partition coefficient (Wildman–Crippen LogP) is 1.54. The molecule has 4 nitrogen and oxygen atoms in total. The van der Waals surface area contributed by atoms with Gasteiger partial charge in [0, 0.05) is 11.8 Å². The minimum Gasteiger partial charge on any atom is -0.497 e. The van der Waals surface area contributed by atoms with E-state index in [1.54, 1.807) is 6.07 Å². The number of anilines is 1. The van der Waals surface area contributed by atoms with Crippen molar-refractivity contribution in [2.45, 2.75) is 13.3 Å². The predicted molar refractivity (Wildman–Crippen MR) is 53.7 cm³/mol. The van der Waals surface area contributed by atoms with Gasteiger partial charge in [-0.15, -0.1) is 0 Å². The molecule has 0 aliphatic heterocycles. The molecule has 1 aromatic carbocycles. The fourth-order valence-electron chi connectivity index (χ4n) is 1.37. The molecule has 0 fully saturated rings. The summed E-state index contributed by atoms with van der Waals surface area (Å²) in [5.41, 5.74) is 7.03. The van der Waals surface area contributed by atoms with E-state index in [0.29, 0.717) is 23.4 Å². The summed E-state index contributed by atoms with van der Waals surface area (Å²) < 4.78 is 4.94. The number of ether oxygens (including phenoxy) is 1. The van der Waals surface area contributed by atoms with Crippen LogP contribution in [0, 0.1) is 0 Å². The number of nitrogen functional groups attached to an aromatic ring is 1. The smallest absolute Gasteiger partial charge is 0.336 e. The molecule has 4 heteroatoms. The molecule has 0 aliphatic carbocycles. The van der Waals surface area contributed by atoms with Crippen LogP contribution in [0.3, 0.4) is 0 Å². The molecule has 76 valence electrons. The molecular weight excluding hydrogens is 182 g/mol. The highest BCUT2D eigenvalue weighted by Crippen LogP contribution is 2.25. The number of nitrogens with two attached hydrogens (primary N) is 1. The normalized spacial score (nSPS) is 9.86. The second kappa shape index (κ2) is 4.00. The van der Waals surface area contributed by atoms with E-state index in [1.807, 2.05) is 6.92 Å². The highest BCUT2D eigenvalue weighted by atomic mass is 16.5. The van der Waals surface area contributed by atoms with Crippen LogP contribution in [0.15, 0.2) is 12.1 Å². The lowest BCUT2D eigenvalue weighted by Gasteiger charge is -2.09. The van der Waals surface area contributed by atoms with E-state index >= 15 is 0 Å². The van der Waals surface area contributed by atoms with Gasteiger partial charge in [0.1, 0.15) is 5.75 Å². The molecule has 0 saturated heterocycles. The molecular formula is C10H13NO3. The van der Waals surface area contributed by atoms with Gasteiger partial charge in [0.05, 0.1) is 12.7 Å². The van der Waals surface area contributed by atoms with Gasteiger partial charge in [-0.05, 0) is 18.1 Å². The quantitative estimate of drug-likeness (QED) is 0.717. The maximum absolute atomic E-state index is 10.9. The number of rotatable bonds is 3. The molecule has 1 aromatic rings. The average Bonchev–Trinajstić information content (AvgIpc) is 2.16.